The van der Waals surface area contributed by atoms with Crippen LogP contribution in [-0.4, -0.2) is 29.3 Å². The smallest absolute Gasteiger partial charge is 0.412 e. The molecule has 0 fully saturated rings. The van der Waals surface area contributed by atoms with E-state index in [9.17, 15) is 14.7 Å². The number of carbonyl (C=O) groups is 2. The Morgan fingerprint density at radius 1 is 1.35 bits per heavy atom. The van der Waals surface area contributed by atoms with Crippen LogP contribution in [0.25, 0.3) is 0 Å². The number of benzene rings is 1. The number of fused-ring (bicyclic) bond motifs is 1. The van der Waals surface area contributed by atoms with E-state index < -0.39 is 17.7 Å². The highest BCUT2D eigenvalue weighted by Crippen LogP contribution is 2.30. The van der Waals surface area contributed by atoms with Crippen LogP contribution in [-0.2, 0) is 11.2 Å². The topological polar surface area (TPSA) is 87.7 Å². The van der Waals surface area contributed by atoms with Crippen LogP contribution in [0.15, 0.2) is 12.1 Å². The molecule has 0 unspecified atom stereocenters. The van der Waals surface area contributed by atoms with E-state index in [1.807, 2.05) is 0 Å². The summed E-state index contributed by atoms with van der Waals surface area (Å²) in [5.41, 5.74) is 1.51. The Balaban J connectivity index is 2.23. The molecule has 1 aliphatic rings. The summed E-state index contributed by atoms with van der Waals surface area (Å²) in [6.45, 7) is 6.00. The molecule has 0 saturated heterocycles. The first-order valence-electron chi connectivity index (χ1n) is 6.40. The lowest BCUT2D eigenvalue weighted by molar-refractivity contribution is 0.0633. The first-order valence-corrected chi connectivity index (χ1v) is 6.40. The molecule has 1 aliphatic heterocycles. The van der Waals surface area contributed by atoms with Crippen molar-refractivity contribution in [1.29, 1.82) is 0 Å². The van der Waals surface area contributed by atoms with Crippen LogP contribution in [0, 0.1) is 0 Å². The lowest BCUT2D eigenvalue weighted by Gasteiger charge is -2.20. The van der Waals surface area contributed by atoms with Gasteiger partial charge < -0.3 is 15.2 Å². The quantitative estimate of drug-likeness (QED) is 0.774. The fourth-order valence-corrected chi connectivity index (χ4v) is 2.09. The number of ether oxygens (including phenoxy) is 1. The molecule has 1 amide bonds. The molecule has 1 aromatic carbocycles. The maximum atomic E-state index is 11.7. The standard InChI is InChI=1S/C14H18N2O4/c1-14(2,3)20-13(19)16-9-6-8-4-5-15-11(8)10(7-9)12(17)18/h6-7,15H,4-5H2,1-3H3,(H,16,19)(H,17,18). The molecule has 0 spiro atoms. The van der Waals surface area contributed by atoms with E-state index in [4.69, 9.17) is 4.74 Å². The predicted octanol–water partition coefficient (Wildman–Crippen LogP) is 2.70. The Bertz CT molecular complexity index is 561. The molecule has 2 rings (SSSR count). The Labute approximate surface area is 117 Å². The summed E-state index contributed by atoms with van der Waals surface area (Å²) in [6.07, 6.45) is 0.138. The van der Waals surface area contributed by atoms with Crippen molar-refractivity contribution in [2.45, 2.75) is 32.8 Å². The van der Waals surface area contributed by atoms with Gasteiger partial charge in [-0.05, 0) is 44.9 Å². The number of amides is 1. The lowest BCUT2D eigenvalue weighted by Crippen LogP contribution is -2.27. The maximum absolute atomic E-state index is 11.7. The molecule has 3 N–H and O–H groups in total. The highest BCUT2D eigenvalue weighted by atomic mass is 16.6. The second kappa shape index (κ2) is 5.03. The van der Waals surface area contributed by atoms with Crippen LogP contribution >= 0.6 is 0 Å². The largest absolute Gasteiger partial charge is 0.478 e. The minimum absolute atomic E-state index is 0.158. The van der Waals surface area contributed by atoms with Crippen molar-refractivity contribution in [2.75, 3.05) is 17.2 Å². The van der Waals surface area contributed by atoms with Gasteiger partial charge >= 0.3 is 12.1 Å². The summed E-state index contributed by atoms with van der Waals surface area (Å²) in [4.78, 5) is 23.0. The first-order chi connectivity index (χ1) is 9.26. The van der Waals surface area contributed by atoms with Crippen molar-refractivity contribution >= 4 is 23.4 Å². The van der Waals surface area contributed by atoms with Gasteiger partial charge in [-0.1, -0.05) is 0 Å². The molecular weight excluding hydrogens is 260 g/mol. The number of carboxylic acid groups (broad SMARTS) is 1. The molecule has 6 heteroatoms. The van der Waals surface area contributed by atoms with Crippen LogP contribution in [0.2, 0.25) is 0 Å². The van der Waals surface area contributed by atoms with Gasteiger partial charge in [0.2, 0.25) is 0 Å². The zero-order chi connectivity index (χ0) is 14.9. The number of hydrogen-bond acceptors (Lipinski definition) is 4. The highest BCUT2D eigenvalue weighted by molar-refractivity contribution is 5.98. The molecule has 0 radical (unpaired) electrons. The van der Waals surface area contributed by atoms with Crippen LogP contribution in [0.1, 0.15) is 36.7 Å². The van der Waals surface area contributed by atoms with Crippen LogP contribution in [0.4, 0.5) is 16.2 Å². The van der Waals surface area contributed by atoms with Crippen LogP contribution < -0.4 is 10.6 Å². The Hall–Kier alpha value is -2.24. The van der Waals surface area contributed by atoms with Crippen LogP contribution in [0.5, 0.6) is 0 Å². The van der Waals surface area contributed by atoms with Gasteiger partial charge in [-0.15, -0.1) is 0 Å². The third-order valence-electron chi connectivity index (χ3n) is 2.79. The molecule has 108 valence electrons. The van der Waals surface area contributed by atoms with Crippen molar-refractivity contribution < 1.29 is 19.4 Å². The van der Waals surface area contributed by atoms with Crippen molar-refractivity contribution in [3.63, 3.8) is 0 Å². The second-order valence-electron chi connectivity index (χ2n) is 5.67. The highest BCUT2D eigenvalue weighted by Gasteiger charge is 2.22. The molecule has 6 nitrogen and oxygen atoms in total. The number of carbonyl (C=O) groups excluding carboxylic acids is 1. The molecule has 1 aromatic rings. The lowest BCUT2D eigenvalue weighted by atomic mass is 10.1. The molecule has 0 atom stereocenters. The monoisotopic (exact) mass is 278 g/mol. The van der Waals surface area contributed by atoms with Gasteiger partial charge in [-0.3, -0.25) is 5.32 Å². The summed E-state index contributed by atoms with van der Waals surface area (Å²) >= 11 is 0. The average Bonchev–Trinajstić information content (AvgIpc) is 2.72. The number of rotatable bonds is 2. The van der Waals surface area contributed by atoms with Gasteiger partial charge in [0.05, 0.1) is 11.3 Å². The fourth-order valence-electron chi connectivity index (χ4n) is 2.09. The van der Waals surface area contributed by atoms with E-state index in [-0.39, 0.29) is 5.56 Å². The molecule has 0 aliphatic carbocycles. The van der Waals surface area contributed by atoms with Crippen molar-refractivity contribution in [2.24, 2.45) is 0 Å². The summed E-state index contributed by atoms with van der Waals surface area (Å²) in [5, 5.41) is 14.8. The van der Waals surface area contributed by atoms with Gasteiger partial charge in [0, 0.05) is 12.2 Å². The summed E-state index contributed by atoms with van der Waals surface area (Å²) in [6, 6.07) is 3.20. The SMILES string of the molecule is CC(C)(C)OC(=O)Nc1cc2c(c(C(=O)O)c1)NCC2. The van der Waals surface area contributed by atoms with Gasteiger partial charge in [-0.25, -0.2) is 9.59 Å². The first kappa shape index (κ1) is 14.2. The Morgan fingerprint density at radius 2 is 2.05 bits per heavy atom. The number of carboxylic acids is 1. The van der Waals surface area contributed by atoms with Gasteiger partial charge in [0.15, 0.2) is 0 Å². The molecular formula is C14H18N2O4. The van der Waals surface area contributed by atoms with Crippen molar-refractivity contribution in [3.05, 3.63) is 23.3 Å². The van der Waals surface area contributed by atoms with E-state index in [1.165, 1.54) is 6.07 Å². The van der Waals surface area contributed by atoms with Crippen molar-refractivity contribution in [3.8, 4) is 0 Å². The normalized spacial score (nSPS) is 13.3. The van der Waals surface area contributed by atoms with E-state index in [1.54, 1.807) is 26.8 Å². The maximum Gasteiger partial charge on any atom is 0.412 e. The van der Waals surface area contributed by atoms with E-state index in [0.717, 1.165) is 12.0 Å². The Morgan fingerprint density at radius 3 is 2.65 bits per heavy atom. The number of anilines is 2. The third-order valence-corrected chi connectivity index (χ3v) is 2.79. The van der Waals surface area contributed by atoms with Gasteiger partial charge in [0.25, 0.3) is 0 Å². The molecule has 1 heterocycles. The Kier molecular flexibility index (Phi) is 3.57. The van der Waals surface area contributed by atoms with Gasteiger partial charge in [-0.2, -0.15) is 0 Å². The van der Waals surface area contributed by atoms with Crippen molar-refractivity contribution in [1.82, 2.24) is 0 Å². The van der Waals surface area contributed by atoms with Gasteiger partial charge in [0.1, 0.15) is 5.60 Å². The minimum Gasteiger partial charge on any atom is -0.478 e. The summed E-state index contributed by atoms with van der Waals surface area (Å²) in [7, 11) is 0. The van der Waals surface area contributed by atoms with Crippen LogP contribution in [0.3, 0.4) is 0 Å². The number of aromatic carboxylic acids is 1. The second-order valence-corrected chi connectivity index (χ2v) is 5.67. The average molecular weight is 278 g/mol. The molecule has 20 heavy (non-hydrogen) atoms. The van der Waals surface area contributed by atoms with E-state index in [2.05, 4.69) is 10.6 Å². The number of nitrogens with one attached hydrogen (secondary N) is 2. The predicted molar refractivity (Wildman–Crippen MR) is 75.5 cm³/mol. The minimum atomic E-state index is -1.02. The molecule has 0 aromatic heterocycles. The van der Waals surface area contributed by atoms with E-state index >= 15 is 0 Å². The summed E-state index contributed by atoms with van der Waals surface area (Å²) < 4.78 is 5.15. The third kappa shape index (κ3) is 3.20. The zero-order valence-electron chi connectivity index (χ0n) is 11.7. The molecule has 0 bridgehead atoms. The molecule has 0 saturated carbocycles. The summed E-state index contributed by atoms with van der Waals surface area (Å²) in [5.74, 6) is -1.02. The number of hydrogen-bond donors (Lipinski definition) is 3. The van der Waals surface area contributed by atoms with E-state index in [0.29, 0.717) is 17.9 Å². The fraction of sp³-hybridized carbons (Fsp3) is 0.429. The zero-order valence-corrected chi connectivity index (χ0v) is 11.7.